The SMILES string of the molecule is CCNC(=NCC(C(C)C)N1CCOCC1)NCCOCC1CCCO1. The quantitative estimate of drug-likeness (QED) is 0.341. The molecule has 0 aromatic rings. The molecular weight excluding hydrogens is 332 g/mol. The van der Waals surface area contributed by atoms with Gasteiger partial charge in [0.25, 0.3) is 0 Å². The summed E-state index contributed by atoms with van der Waals surface area (Å²) in [7, 11) is 0. The normalized spacial score (nSPS) is 23.4. The smallest absolute Gasteiger partial charge is 0.191 e. The molecule has 0 aromatic carbocycles. The van der Waals surface area contributed by atoms with Gasteiger partial charge in [0, 0.05) is 38.8 Å². The molecule has 7 nitrogen and oxygen atoms in total. The lowest BCUT2D eigenvalue weighted by Gasteiger charge is -2.36. The van der Waals surface area contributed by atoms with E-state index < -0.39 is 0 Å². The minimum atomic E-state index is 0.289. The van der Waals surface area contributed by atoms with Gasteiger partial charge in [-0.1, -0.05) is 13.8 Å². The molecule has 26 heavy (non-hydrogen) atoms. The standard InChI is InChI=1S/C19H38N4O3/c1-4-20-19(21-7-11-25-15-17-6-5-10-26-17)22-14-18(16(2)3)23-8-12-24-13-9-23/h16-18H,4-15H2,1-3H3,(H2,20,21,22). The van der Waals surface area contributed by atoms with Gasteiger partial charge in [-0.3, -0.25) is 9.89 Å². The Hall–Kier alpha value is -0.890. The Morgan fingerprint density at radius 2 is 2.04 bits per heavy atom. The van der Waals surface area contributed by atoms with Gasteiger partial charge in [-0.25, -0.2) is 0 Å². The Bertz CT molecular complexity index is 394. The fourth-order valence-corrected chi connectivity index (χ4v) is 3.42. The van der Waals surface area contributed by atoms with E-state index in [1.54, 1.807) is 0 Å². The van der Waals surface area contributed by atoms with Crippen molar-refractivity contribution in [1.29, 1.82) is 0 Å². The number of nitrogens with one attached hydrogen (secondary N) is 2. The Morgan fingerprint density at radius 3 is 2.69 bits per heavy atom. The number of aliphatic imine (C=N–C) groups is 1. The molecule has 2 atom stereocenters. The number of nitrogens with zero attached hydrogens (tertiary/aromatic N) is 2. The van der Waals surface area contributed by atoms with E-state index >= 15 is 0 Å². The van der Waals surface area contributed by atoms with Crippen molar-refractivity contribution >= 4 is 5.96 Å². The van der Waals surface area contributed by atoms with Gasteiger partial charge in [0.1, 0.15) is 0 Å². The van der Waals surface area contributed by atoms with Crippen molar-refractivity contribution in [3.63, 3.8) is 0 Å². The topological polar surface area (TPSA) is 67.4 Å². The largest absolute Gasteiger partial charge is 0.379 e. The van der Waals surface area contributed by atoms with Crippen LogP contribution in [-0.2, 0) is 14.2 Å². The van der Waals surface area contributed by atoms with Crippen molar-refractivity contribution in [2.75, 3.05) is 65.8 Å². The summed E-state index contributed by atoms with van der Waals surface area (Å²) in [5, 5.41) is 6.70. The minimum Gasteiger partial charge on any atom is -0.379 e. The van der Waals surface area contributed by atoms with Crippen molar-refractivity contribution in [1.82, 2.24) is 15.5 Å². The maximum atomic E-state index is 5.71. The van der Waals surface area contributed by atoms with Gasteiger partial charge in [-0.05, 0) is 25.7 Å². The zero-order chi connectivity index (χ0) is 18.6. The first-order valence-electron chi connectivity index (χ1n) is 10.2. The highest BCUT2D eigenvalue weighted by Crippen LogP contribution is 2.13. The second kappa shape index (κ2) is 12.5. The van der Waals surface area contributed by atoms with E-state index in [0.29, 0.717) is 25.2 Å². The van der Waals surface area contributed by atoms with Gasteiger partial charge in [0.05, 0.1) is 39.1 Å². The highest BCUT2D eigenvalue weighted by Gasteiger charge is 2.23. The van der Waals surface area contributed by atoms with Crippen LogP contribution in [0, 0.1) is 5.92 Å². The zero-order valence-corrected chi connectivity index (χ0v) is 16.8. The minimum absolute atomic E-state index is 0.289. The highest BCUT2D eigenvalue weighted by molar-refractivity contribution is 5.79. The number of hydrogen-bond acceptors (Lipinski definition) is 5. The van der Waals surface area contributed by atoms with Crippen LogP contribution >= 0.6 is 0 Å². The van der Waals surface area contributed by atoms with Crippen LogP contribution in [0.3, 0.4) is 0 Å². The van der Waals surface area contributed by atoms with E-state index in [-0.39, 0.29) is 6.10 Å². The van der Waals surface area contributed by atoms with Gasteiger partial charge >= 0.3 is 0 Å². The summed E-state index contributed by atoms with van der Waals surface area (Å²) in [5.74, 6) is 1.43. The predicted octanol–water partition coefficient (Wildman–Crippen LogP) is 1.09. The van der Waals surface area contributed by atoms with E-state index in [9.17, 15) is 0 Å². The third-order valence-corrected chi connectivity index (χ3v) is 4.93. The average molecular weight is 371 g/mol. The molecule has 2 rings (SSSR count). The summed E-state index contributed by atoms with van der Waals surface area (Å²) in [6.45, 7) is 14.9. The number of ether oxygens (including phenoxy) is 3. The van der Waals surface area contributed by atoms with Crippen LogP contribution in [0.1, 0.15) is 33.6 Å². The summed E-state index contributed by atoms with van der Waals surface area (Å²) in [4.78, 5) is 7.32. The first kappa shape index (κ1) is 21.4. The maximum Gasteiger partial charge on any atom is 0.191 e. The summed E-state index contributed by atoms with van der Waals surface area (Å²) >= 11 is 0. The molecule has 0 aromatic heterocycles. The molecular formula is C19H38N4O3. The highest BCUT2D eigenvalue weighted by atomic mass is 16.5. The van der Waals surface area contributed by atoms with Crippen LogP contribution in [0.4, 0.5) is 0 Å². The van der Waals surface area contributed by atoms with Crippen LogP contribution < -0.4 is 10.6 Å². The Morgan fingerprint density at radius 1 is 1.23 bits per heavy atom. The van der Waals surface area contributed by atoms with Gasteiger partial charge in [-0.2, -0.15) is 0 Å². The van der Waals surface area contributed by atoms with Crippen LogP contribution in [0.2, 0.25) is 0 Å². The zero-order valence-electron chi connectivity index (χ0n) is 16.8. The number of guanidine groups is 1. The Labute approximate surface area is 158 Å². The summed E-state index contributed by atoms with van der Waals surface area (Å²) in [6.07, 6.45) is 2.57. The fourth-order valence-electron chi connectivity index (χ4n) is 3.42. The molecule has 2 N–H and O–H groups in total. The van der Waals surface area contributed by atoms with Gasteiger partial charge in [0.15, 0.2) is 5.96 Å². The molecule has 7 heteroatoms. The van der Waals surface area contributed by atoms with Crippen LogP contribution in [0.25, 0.3) is 0 Å². The fraction of sp³-hybridized carbons (Fsp3) is 0.947. The van der Waals surface area contributed by atoms with Crippen molar-refractivity contribution in [3.05, 3.63) is 0 Å². The molecule has 0 amide bonds. The van der Waals surface area contributed by atoms with E-state index in [2.05, 4.69) is 36.3 Å². The predicted molar refractivity (Wildman–Crippen MR) is 105 cm³/mol. The molecule has 0 spiro atoms. The number of hydrogen-bond donors (Lipinski definition) is 2. The second-order valence-electron chi connectivity index (χ2n) is 7.32. The molecule has 0 radical (unpaired) electrons. The summed E-state index contributed by atoms with van der Waals surface area (Å²) < 4.78 is 16.8. The molecule has 2 unspecified atom stereocenters. The van der Waals surface area contributed by atoms with E-state index in [1.165, 1.54) is 0 Å². The van der Waals surface area contributed by atoms with Crippen LogP contribution in [0.5, 0.6) is 0 Å². The van der Waals surface area contributed by atoms with Gasteiger partial charge in [0.2, 0.25) is 0 Å². The van der Waals surface area contributed by atoms with Crippen LogP contribution in [-0.4, -0.2) is 88.8 Å². The molecule has 2 aliphatic rings. The Balaban J connectivity index is 1.72. The maximum absolute atomic E-state index is 5.71. The second-order valence-corrected chi connectivity index (χ2v) is 7.32. The third-order valence-electron chi connectivity index (χ3n) is 4.93. The molecule has 152 valence electrons. The lowest BCUT2D eigenvalue weighted by Crippen LogP contribution is -2.48. The summed E-state index contributed by atoms with van der Waals surface area (Å²) in [5.41, 5.74) is 0. The van der Waals surface area contributed by atoms with Crippen molar-refractivity contribution < 1.29 is 14.2 Å². The summed E-state index contributed by atoms with van der Waals surface area (Å²) in [6, 6.07) is 0.449. The first-order chi connectivity index (χ1) is 12.7. The molecule has 0 aliphatic carbocycles. The lowest BCUT2D eigenvalue weighted by molar-refractivity contribution is 0.00865. The van der Waals surface area contributed by atoms with Crippen molar-refractivity contribution in [3.8, 4) is 0 Å². The van der Waals surface area contributed by atoms with E-state index in [0.717, 1.165) is 71.3 Å². The first-order valence-corrected chi connectivity index (χ1v) is 10.2. The number of rotatable bonds is 10. The molecule has 2 heterocycles. The van der Waals surface area contributed by atoms with Gasteiger partial charge < -0.3 is 24.8 Å². The Kier molecular flexibility index (Phi) is 10.3. The molecule has 0 bridgehead atoms. The molecule has 2 saturated heterocycles. The van der Waals surface area contributed by atoms with E-state index in [1.807, 2.05) is 0 Å². The third kappa shape index (κ3) is 7.78. The van der Waals surface area contributed by atoms with Crippen LogP contribution in [0.15, 0.2) is 4.99 Å². The molecule has 2 fully saturated rings. The number of morpholine rings is 1. The molecule has 0 saturated carbocycles. The average Bonchev–Trinajstić information content (AvgIpc) is 3.15. The van der Waals surface area contributed by atoms with Crippen molar-refractivity contribution in [2.45, 2.75) is 45.8 Å². The lowest BCUT2D eigenvalue weighted by atomic mass is 10.0. The van der Waals surface area contributed by atoms with Gasteiger partial charge in [-0.15, -0.1) is 0 Å². The molecule has 2 aliphatic heterocycles. The van der Waals surface area contributed by atoms with E-state index in [4.69, 9.17) is 19.2 Å². The monoisotopic (exact) mass is 370 g/mol. The van der Waals surface area contributed by atoms with Crippen molar-refractivity contribution in [2.24, 2.45) is 10.9 Å².